The summed E-state index contributed by atoms with van der Waals surface area (Å²) in [7, 11) is 0. The van der Waals surface area contributed by atoms with Crippen LogP contribution in [0.1, 0.15) is 52.3 Å². The van der Waals surface area contributed by atoms with Crippen molar-refractivity contribution in [1.82, 2.24) is 9.97 Å². The summed E-state index contributed by atoms with van der Waals surface area (Å²) in [5.74, 6) is 3.32. The topological polar surface area (TPSA) is 59.1 Å². The SMILES string of the molecule is CCNc1cc(NC2CCCC(C)C2)nc(COCC)n1. The quantitative estimate of drug-likeness (QED) is 0.806. The Balaban J connectivity index is 2.06. The first kappa shape index (κ1) is 16.0. The monoisotopic (exact) mass is 292 g/mol. The maximum atomic E-state index is 5.43. The lowest BCUT2D eigenvalue weighted by atomic mass is 9.87. The molecule has 2 N–H and O–H groups in total. The van der Waals surface area contributed by atoms with Crippen molar-refractivity contribution >= 4 is 11.6 Å². The molecule has 0 spiro atoms. The molecule has 1 saturated carbocycles. The first-order valence-corrected chi connectivity index (χ1v) is 8.17. The Bertz CT molecular complexity index is 438. The summed E-state index contributed by atoms with van der Waals surface area (Å²) in [6, 6.07) is 2.52. The largest absolute Gasteiger partial charge is 0.374 e. The molecule has 0 radical (unpaired) electrons. The van der Waals surface area contributed by atoms with Gasteiger partial charge in [0.05, 0.1) is 0 Å². The fourth-order valence-electron chi connectivity index (χ4n) is 2.87. The van der Waals surface area contributed by atoms with Crippen LogP contribution in [0.2, 0.25) is 0 Å². The van der Waals surface area contributed by atoms with E-state index in [1.165, 1.54) is 25.7 Å². The van der Waals surface area contributed by atoms with Gasteiger partial charge in [0.2, 0.25) is 0 Å². The summed E-state index contributed by atoms with van der Waals surface area (Å²) in [4.78, 5) is 9.07. The van der Waals surface area contributed by atoms with E-state index in [1.807, 2.05) is 13.0 Å². The number of nitrogens with zero attached hydrogens (tertiary/aromatic N) is 2. The third-order valence-corrected chi connectivity index (χ3v) is 3.85. The number of ether oxygens (including phenoxy) is 1. The average Bonchev–Trinajstić information content (AvgIpc) is 2.45. The van der Waals surface area contributed by atoms with E-state index in [0.717, 1.165) is 29.9 Å². The van der Waals surface area contributed by atoms with Gasteiger partial charge in [-0.1, -0.05) is 19.8 Å². The van der Waals surface area contributed by atoms with Crippen molar-refractivity contribution in [3.63, 3.8) is 0 Å². The van der Waals surface area contributed by atoms with Crippen molar-refractivity contribution in [3.05, 3.63) is 11.9 Å². The van der Waals surface area contributed by atoms with E-state index in [9.17, 15) is 0 Å². The molecular weight excluding hydrogens is 264 g/mol. The Morgan fingerprint density at radius 3 is 2.76 bits per heavy atom. The summed E-state index contributed by atoms with van der Waals surface area (Å²) in [5, 5.41) is 6.84. The molecule has 1 aliphatic carbocycles. The molecule has 2 unspecified atom stereocenters. The first-order valence-electron chi connectivity index (χ1n) is 8.17. The molecule has 21 heavy (non-hydrogen) atoms. The number of anilines is 2. The van der Waals surface area contributed by atoms with Gasteiger partial charge in [0.15, 0.2) is 5.82 Å². The average molecular weight is 292 g/mol. The predicted molar refractivity (Wildman–Crippen MR) is 86.6 cm³/mol. The predicted octanol–water partition coefficient (Wildman–Crippen LogP) is 3.44. The van der Waals surface area contributed by atoms with Gasteiger partial charge in [0.1, 0.15) is 18.2 Å². The van der Waals surface area contributed by atoms with Gasteiger partial charge in [-0.25, -0.2) is 9.97 Å². The van der Waals surface area contributed by atoms with Crippen molar-refractivity contribution in [2.24, 2.45) is 5.92 Å². The highest BCUT2D eigenvalue weighted by molar-refractivity contribution is 5.48. The molecule has 1 aliphatic rings. The van der Waals surface area contributed by atoms with E-state index in [4.69, 9.17) is 4.74 Å². The molecule has 0 bridgehead atoms. The lowest BCUT2D eigenvalue weighted by Gasteiger charge is -2.28. The Morgan fingerprint density at radius 2 is 2.05 bits per heavy atom. The molecular formula is C16H28N4O. The lowest BCUT2D eigenvalue weighted by molar-refractivity contribution is 0.128. The molecule has 1 heterocycles. The van der Waals surface area contributed by atoms with Gasteiger partial charge >= 0.3 is 0 Å². The Kier molecular flexibility index (Phi) is 6.23. The van der Waals surface area contributed by atoms with Crippen LogP contribution in [0.15, 0.2) is 6.07 Å². The number of hydrogen-bond donors (Lipinski definition) is 2. The molecule has 118 valence electrons. The van der Waals surface area contributed by atoms with E-state index in [2.05, 4.69) is 34.4 Å². The van der Waals surface area contributed by atoms with E-state index < -0.39 is 0 Å². The highest BCUT2D eigenvalue weighted by Crippen LogP contribution is 2.26. The minimum atomic E-state index is 0.464. The number of hydrogen-bond acceptors (Lipinski definition) is 5. The van der Waals surface area contributed by atoms with Gasteiger partial charge < -0.3 is 15.4 Å². The molecule has 5 nitrogen and oxygen atoms in total. The van der Waals surface area contributed by atoms with Crippen LogP contribution in [-0.4, -0.2) is 29.2 Å². The molecule has 0 aliphatic heterocycles. The minimum Gasteiger partial charge on any atom is -0.374 e. The van der Waals surface area contributed by atoms with Crippen molar-refractivity contribution in [3.8, 4) is 0 Å². The first-order chi connectivity index (χ1) is 10.2. The van der Waals surface area contributed by atoms with E-state index in [-0.39, 0.29) is 0 Å². The van der Waals surface area contributed by atoms with Crippen LogP contribution >= 0.6 is 0 Å². The third kappa shape index (κ3) is 5.16. The second-order valence-corrected chi connectivity index (χ2v) is 5.84. The molecule has 1 fully saturated rings. The lowest BCUT2D eigenvalue weighted by Crippen LogP contribution is -2.27. The Hall–Kier alpha value is -1.36. The molecule has 1 aromatic heterocycles. The van der Waals surface area contributed by atoms with Gasteiger partial charge in [-0.2, -0.15) is 0 Å². The maximum absolute atomic E-state index is 5.43. The van der Waals surface area contributed by atoms with Crippen LogP contribution in [0.3, 0.4) is 0 Å². The van der Waals surface area contributed by atoms with Crippen LogP contribution < -0.4 is 10.6 Å². The van der Waals surface area contributed by atoms with E-state index in [0.29, 0.717) is 19.3 Å². The van der Waals surface area contributed by atoms with Gasteiger partial charge in [-0.05, 0) is 32.6 Å². The van der Waals surface area contributed by atoms with Crippen molar-refractivity contribution < 1.29 is 4.74 Å². The van der Waals surface area contributed by atoms with Gasteiger partial charge in [-0.3, -0.25) is 0 Å². The van der Waals surface area contributed by atoms with Gasteiger partial charge in [0.25, 0.3) is 0 Å². The molecule has 2 rings (SSSR count). The van der Waals surface area contributed by atoms with Crippen LogP contribution in [0.25, 0.3) is 0 Å². The molecule has 0 amide bonds. The van der Waals surface area contributed by atoms with Crippen LogP contribution in [0.5, 0.6) is 0 Å². The van der Waals surface area contributed by atoms with Crippen molar-refractivity contribution in [1.29, 1.82) is 0 Å². The highest BCUT2D eigenvalue weighted by Gasteiger charge is 2.19. The number of nitrogens with one attached hydrogen (secondary N) is 2. The molecule has 2 atom stereocenters. The summed E-state index contributed by atoms with van der Waals surface area (Å²) in [5.41, 5.74) is 0. The van der Waals surface area contributed by atoms with Crippen LogP contribution in [0.4, 0.5) is 11.6 Å². The Morgan fingerprint density at radius 1 is 1.24 bits per heavy atom. The molecule has 1 aromatic rings. The second-order valence-electron chi connectivity index (χ2n) is 5.84. The highest BCUT2D eigenvalue weighted by atomic mass is 16.5. The number of rotatable bonds is 7. The van der Waals surface area contributed by atoms with E-state index in [1.54, 1.807) is 0 Å². The zero-order valence-corrected chi connectivity index (χ0v) is 13.5. The molecule has 0 aromatic carbocycles. The zero-order valence-electron chi connectivity index (χ0n) is 13.5. The summed E-state index contributed by atoms with van der Waals surface area (Å²) in [6.07, 6.45) is 5.10. The third-order valence-electron chi connectivity index (χ3n) is 3.85. The molecule has 5 heteroatoms. The van der Waals surface area contributed by atoms with Gasteiger partial charge in [-0.15, -0.1) is 0 Å². The summed E-state index contributed by atoms with van der Waals surface area (Å²) in [6.45, 7) is 8.38. The fraction of sp³-hybridized carbons (Fsp3) is 0.750. The normalized spacial score (nSPS) is 22.0. The summed E-state index contributed by atoms with van der Waals surface area (Å²) >= 11 is 0. The summed E-state index contributed by atoms with van der Waals surface area (Å²) < 4.78 is 5.43. The fourth-order valence-corrected chi connectivity index (χ4v) is 2.87. The number of aromatic nitrogens is 2. The molecule has 0 saturated heterocycles. The minimum absolute atomic E-state index is 0.464. The van der Waals surface area contributed by atoms with Crippen molar-refractivity contribution in [2.75, 3.05) is 23.8 Å². The zero-order chi connectivity index (χ0) is 15.1. The smallest absolute Gasteiger partial charge is 0.158 e. The van der Waals surface area contributed by atoms with E-state index >= 15 is 0 Å². The van der Waals surface area contributed by atoms with Crippen LogP contribution in [-0.2, 0) is 11.3 Å². The van der Waals surface area contributed by atoms with Crippen LogP contribution in [0, 0.1) is 5.92 Å². The second kappa shape index (κ2) is 8.17. The Labute approximate surface area is 127 Å². The van der Waals surface area contributed by atoms with Crippen molar-refractivity contribution in [2.45, 2.75) is 59.1 Å². The van der Waals surface area contributed by atoms with Gasteiger partial charge in [0, 0.05) is 25.3 Å². The standard InChI is InChI=1S/C16H28N4O/c1-4-17-14-10-15(20-16(19-14)11-21-5-2)18-13-8-6-7-12(3)9-13/h10,12-13H,4-9,11H2,1-3H3,(H2,17,18,19,20). The maximum Gasteiger partial charge on any atom is 0.158 e.